The van der Waals surface area contributed by atoms with Crippen molar-refractivity contribution >= 4 is 28.9 Å². The first-order chi connectivity index (χ1) is 11.6. The van der Waals surface area contributed by atoms with E-state index in [0.29, 0.717) is 11.3 Å². The second kappa shape index (κ2) is 6.42. The molecule has 0 aliphatic carbocycles. The van der Waals surface area contributed by atoms with E-state index in [1.165, 1.54) is 6.08 Å². The number of carbonyl (C=O) groups is 2. The van der Waals surface area contributed by atoms with Gasteiger partial charge in [-0.25, -0.2) is 4.79 Å². The van der Waals surface area contributed by atoms with Gasteiger partial charge in [0.1, 0.15) is 5.70 Å². The maximum absolute atomic E-state index is 12.2. The third-order valence-corrected chi connectivity index (χ3v) is 3.80. The summed E-state index contributed by atoms with van der Waals surface area (Å²) < 4.78 is 1.88. The number of nitrogens with zero attached hydrogens (tertiary/aromatic N) is 1. The number of nitrogens with one attached hydrogen (secondary N) is 1. The van der Waals surface area contributed by atoms with E-state index in [2.05, 4.69) is 5.32 Å². The molecule has 24 heavy (non-hydrogen) atoms. The summed E-state index contributed by atoms with van der Waals surface area (Å²) >= 11 is 0. The number of carbonyl (C=O) groups excluding carboxylic acids is 1. The standard InChI is InChI=1S/C19H16N2O3/c1-21-15(11-14-9-5-6-10-17(14)21)12-16(19(23)24)20-18(22)13-7-3-2-4-8-13/h2-12H,1H3,(H,20,22)(H,23,24). The molecule has 0 spiro atoms. The van der Waals surface area contributed by atoms with Crippen molar-refractivity contribution in [3.05, 3.63) is 77.6 Å². The number of aryl methyl sites for hydroxylation is 1. The zero-order chi connectivity index (χ0) is 17.1. The van der Waals surface area contributed by atoms with Gasteiger partial charge in [-0.15, -0.1) is 0 Å². The molecule has 120 valence electrons. The van der Waals surface area contributed by atoms with E-state index in [9.17, 15) is 14.7 Å². The SMILES string of the molecule is Cn1c(C=C(NC(=O)c2ccccc2)C(=O)O)cc2ccccc21. The normalized spacial score (nSPS) is 11.5. The van der Waals surface area contributed by atoms with Gasteiger partial charge in [0, 0.05) is 29.2 Å². The lowest BCUT2D eigenvalue weighted by Gasteiger charge is -2.07. The molecule has 1 amide bonds. The first kappa shape index (κ1) is 15.6. The van der Waals surface area contributed by atoms with Crippen LogP contribution in [0.25, 0.3) is 17.0 Å². The van der Waals surface area contributed by atoms with Crippen LogP contribution in [0.2, 0.25) is 0 Å². The number of hydrogen-bond acceptors (Lipinski definition) is 2. The Kier molecular flexibility index (Phi) is 4.16. The monoisotopic (exact) mass is 320 g/mol. The molecule has 2 aromatic carbocycles. The molecule has 0 aliphatic rings. The Balaban J connectivity index is 1.95. The van der Waals surface area contributed by atoms with Crippen molar-refractivity contribution in [1.29, 1.82) is 0 Å². The molecule has 1 heterocycles. The molecule has 0 saturated heterocycles. The molecule has 0 saturated carbocycles. The number of rotatable bonds is 4. The minimum Gasteiger partial charge on any atom is -0.477 e. The summed E-state index contributed by atoms with van der Waals surface area (Å²) in [4.78, 5) is 23.7. The molecule has 0 aliphatic heterocycles. The Morgan fingerprint density at radius 1 is 1.04 bits per heavy atom. The van der Waals surface area contributed by atoms with Gasteiger partial charge in [0.25, 0.3) is 5.91 Å². The topological polar surface area (TPSA) is 71.3 Å². The van der Waals surface area contributed by atoms with Crippen LogP contribution in [0, 0.1) is 0 Å². The van der Waals surface area contributed by atoms with Crippen LogP contribution < -0.4 is 5.32 Å². The molecule has 5 nitrogen and oxygen atoms in total. The smallest absolute Gasteiger partial charge is 0.352 e. The fraction of sp³-hybridized carbons (Fsp3) is 0.0526. The van der Waals surface area contributed by atoms with Gasteiger partial charge in [-0.2, -0.15) is 0 Å². The molecule has 0 unspecified atom stereocenters. The van der Waals surface area contributed by atoms with E-state index in [0.717, 1.165) is 10.9 Å². The minimum atomic E-state index is -1.19. The third kappa shape index (κ3) is 3.05. The molecule has 5 heteroatoms. The van der Waals surface area contributed by atoms with Gasteiger partial charge in [-0.05, 0) is 30.3 Å². The zero-order valence-corrected chi connectivity index (χ0v) is 13.1. The van der Waals surface area contributed by atoms with E-state index < -0.39 is 11.9 Å². The van der Waals surface area contributed by atoms with Crippen molar-refractivity contribution in [1.82, 2.24) is 9.88 Å². The van der Waals surface area contributed by atoms with Crippen LogP contribution in [0.3, 0.4) is 0 Å². The molecule has 2 N–H and O–H groups in total. The van der Waals surface area contributed by atoms with Crippen LogP contribution in [0.5, 0.6) is 0 Å². The van der Waals surface area contributed by atoms with Crippen molar-refractivity contribution in [2.45, 2.75) is 0 Å². The third-order valence-electron chi connectivity index (χ3n) is 3.80. The van der Waals surface area contributed by atoms with Crippen LogP contribution in [0.1, 0.15) is 16.1 Å². The summed E-state index contributed by atoms with van der Waals surface area (Å²) in [6.45, 7) is 0. The van der Waals surface area contributed by atoms with Crippen LogP contribution >= 0.6 is 0 Å². The molecule has 0 bridgehead atoms. The number of carboxylic acid groups (broad SMARTS) is 1. The molecule has 3 rings (SSSR count). The molecular weight excluding hydrogens is 304 g/mol. The van der Waals surface area contributed by atoms with Crippen LogP contribution in [-0.2, 0) is 11.8 Å². The highest BCUT2D eigenvalue weighted by atomic mass is 16.4. The highest BCUT2D eigenvalue weighted by Crippen LogP contribution is 2.20. The number of carboxylic acids is 1. The lowest BCUT2D eigenvalue weighted by atomic mass is 10.2. The fourth-order valence-corrected chi connectivity index (χ4v) is 2.53. The first-order valence-electron chi connectivity index (χ1n) is 7.42. The summed E-state index contributed by atoms with van der Waals surface area (Å²) in [6, 6.07) is 18.1. The average molecular weight is 320 g/mol. The van der Waals surface area contributed by atoms with Gasteiger partial charge in [0.15, 0.2) is 0 Å². The summed E-state index contributed by atoms with van der Waals surface area (Å²) in [5, 5.41) is 12.9. The minimum absolute atomic E-state index is 0.172. The Morgan fingerprint density at radius 3 is 2.38 bits per heavy atom. The number of benzene rings is 2. The highest BCUT2D eigenvalue weighted by Gasteiger charge is 2.14. The summed E-state index contributed by atoms with van der Waals surface area (Å²) in [7, 11) is 1.85. The molecule has 0 radical (unpaired) electrons. The highest BCUT2D eigenvalue weighted by molar-refractivity contribution is 6.03. The maximum Gasteiger partial charge on any atom is 0.352 e. The number of aromatic nitrogens is 1. The lowest BCUT2D eigenvalue weighted by molar-refractivity contribution is -0.132. The van der Waals surface area contributed by atoms with E-state index in [1.807, 2.05) is 41.9 Å². The van der Waals surface area contributed by atoms with Crippen LogP contribution in [0.15, 0.2) is 66.4 Å². The zero-order valence-electron chi connectivity index (χ0n) is 13.1. The van der Waals surface area contributed by atoms with E-state index >= 15 is 0 Å². The van der Waals surface area contributed by atoms with Gasteiger partial charge >= 0.3 is 5.97 Å². The molecule has 3 aromatic rings. The number of amides is 1. The van der Waals surface area contributed by atoms with Crippen LogP contribution in [0.4, 0.5) is 0 Å². The summed E-state index contributed by atoms with van der Waals surface area (Å²) in [5.74, 6) is -1.65. The van der Waals surface area contributed by atoms with Gasteiger partial charge < -0.3 is 15.0 Å². The fourth-order valence-electron chi connectivity index (χ4n) is 2.53. The predicted molar refractivity (Wildman–Crippen MR) is 92.4 cm³/mol. The van der Waals surface area contributed by atoms with E-state index in [1.54, 1.807) is 30.3 Å². The van der Waals surface area contributed by atoms with Crippen molar-refractivity contribution in [2.24, 2.45) is 7.05 Å². The van der Waals surface area contributed by atoms with Crippen molar-refractivity contribution < 1.29 is 14.7 Å². The summed E-state index contributed by atoms with van der Waals surface area (Å²) in [5.41, 5.74) is 1.92. The largest absolute Gasteiger partial charge is 0.477 e. The Bertz CT molecular complexity index is 940. The number of hydrogen-bond donors (Lipinski definition) is 2. The first-order valence-corrected chi connectivity index (χ1v) is 7.42. The van der Waals surface area contributed by atoms with E-state index in [4.69, 9.17) is 0 Å². The Hall–Kier alpha value is -3.34. The van der Waals surface area contributed by atoms with Crippen molar-refractivity contribution in [3.63, 3.8) is 0 Å². The number of aliphatic carboxylic acids is 1. The summed E-state index contributed by atoms with van der Waals surface area (Å²) in [6.07, 6.45) is 1.46. The lowest BCUT2D eigenvalue weighted by Crippen LogP contribution is -2.27. The van der Waals surface area contributed by atoms with Crippen molar-refractivity contribution in [2.75, 3.05) is 0 Å². The van der Waals surface area contributed by atoms with Gasteiger partial charge in [0.05, 0.1) is 0 Å². The molecule has 0 fully saturated rings. The molecular formula is C19H16N2O3. The Labute approximate surface area is 138 Å². The molecule has 0 atom stereocenters. The average Bonchev–Trinajstić information content (AvgIpc) is 2.91. The molecule has 1 aromatic heterocycles. The quantitative estimate of drug-likeness (QED) is 0.726. The second-order valence-corrected chi connectivity index (χ2v) is 5.37. The predicted octanol–water partition coefficient (Wildman–Crippen LogP) is 3.03. The maximum atomic E-state index is 12.2. The number of fused-ring (bicyclic) bond motifs is 1. The van der Waals surface area contributed by atoms with Crippen LogP contribution in [-0.4, -0.2) is 21.6 Å². The Morgan fingerprint density at radius 2 is 1.71 bits per heavy atom. The second-order valence-electron chi connectivity index (χ2n) is 5.37. The van der Waals surface area contributed by atoms with E-state index in [-0.39, 0.29) is 5.70 Å². The number of para-hydroxylation sites is 1. The van der Waals surface area contributed by atoms with Crippen molar-refractivity contribution in [3.8, 4) is 0 Å². The van der Waals surface area contributed by atoms with Gasteiger partial charge in [-0.3, -0.25) is 4.79 Å². The van der Waals surface area contributed by atoms with Gasteiger partial charge in [-0.1, -0.05) is 36.4 Å². The van der Waals surface area contributed by atoms with Gasteiger partial charge in [0.2, 0.25) is 0 Å².